The molecule has 0 spiro atoms. The lowest BCUT2D eigenvalue weighted by Crippen LogP contribution is -2.29. The van der Waals surface area contributed by atoms with Crippen LogP contribution < -0.4 is 4.90 Å². The predicted octanol–water partition coefficient (Wildman–Crippen LogP) is 13.2. The van der Waals surface area contributed by atoms with Crippen LogP contribution >= 0.6 is 0 Å². The number of nitrogens with zero attached hydrogens (tertiary/aromatic N) is 1. The van der Waals surface area contributed by atoms with E-state index in [1.54, 1.807) is 0 Å². The molecule has 10 rings (SSSR count). The molecule has 1 aliphatic rings. The molecule has 2 heteroatoms. The zero-order valence-electron chi connectivity index (χ0n) is 28.6. The normalized spacial score (nSPS) is 13.1. The van der Waals surface area contributed by atoms with Crippen molar-refractivity contribution in [3.8, 4) is 11.1 Å². The molecule has 0 saturated heterocycles. The molecule has 0 saturated carbocycles. The first-order chi connectivity index (χ1) is 25.1. The van der Waals surface area contributed by atoms with Crippen molar-refractivity contribution in [1.29, 1.82) is 0 Å². The number of aryl methyl sites for hydroxylation is 2. The number of hydrogen-bond acceptors (Lipinski definition) is 2. The second-order valence-electron chi connectivity index (χ2n) is 13.9. The van der Waals surface area contributed by atoms with Crippen LogP contribution in [0.25, 0.3) is 43.8 Å². The molecular weight excluding hydrogens is 619 g/mol. The minimum Gasteiger partial charge on any atom is -0.456 e. The Balaban J connectivity index is 1.29. The van der Waals surface area contributed by atoms with Crippen molar-refractivity contribution >= 4 is 49.8 Å². The third-order valence-electron chi connectivity index (χ3n) is 10.9. The van der Waals surface area contributed by atoms with Gasteiger partial charge in [0.2, 0.25) is 0 Å². The van der Waals surface area contributed by atoms with E-state index in [0.717, 1.165) is 39.0 Å². The molecule has 0 atom stereocenters. The number of rotatable bonds is 5. The van der Waals surface area contributed by atoms with Crippen LogP contribution in [0.1, 0.15) is 33.4 Å². The van der Waals surface area contributed by atoms with Gasteiger partial charge in [-0.25, -0.2) is 0 Å². The van der Waals surface area contributed by atoms with E-state index >= 15 is 0 Å². The van der Waals surface area contributed by atoms with E-state index in [0.29, 0.717) is 0 Å². The SMILES string of the molecule is Cc1ccc(C2(c3ccc(C)cc3)c3cc(N(c4ccccc4)c4ccc5oc6ccccc6c5c4)ccc3-c3c2ccc2ccccc32)cc1. The number of benzene rings is 8. The number of furan rings is 1. The van der Waals surface area contributed by atoms with Gasteiger partial charge in [0.15, 0.2) is 0 Å². The third kappa shape index (κ3) is 4.43. The summed E-state index contributed by atoms with van der Waals surface area (Å²) >= 11 is 0. The Labute approximate surface area is 297 Å². The summed E-state index contributed by atoms with van der Waals surface area (Å²) in [6, 6.07) is 64.6. The van der Waals surface area contributed by atoms with Crippen molar-refractivity contribution < 1.29 is 4.42 Å². The van der Waals surface area contributed by atoms with Crippen LogP contribution in [0.4, 0.5) is 17.1 Å². The van der Waals surface area contributed by atoms with Crippen LogP contribution in [-0.2, 0) is 5.41 Å². The molecule has 0 amide bonds. The van der Waals surface area contributed by atoms with Gasteiger partial charge >= 0.3 is 0 Å². The van der Waals surface area contributed by atoms with Crippen molar-refractivity contribution in [2.24, 2.45) is 0 Å². The summed E-state index contributed by atoms with van der Waals surface area (Å²) in [7, 11) is 0. The van der Waals surface area contributed by atoms with Gasteiger partial charge in [0.25, 0.3) is 0 Å². The Morgan fingerprint density at radius 3 is 1.78 bits per heavy atom. The summed E-state index contributed by atoms with van der Waals surface area (Å²) < 4.78 is 6.25. The van der Waals surface area contributed by atoms with E-state index in [1.165, 1.54) is 55.3 Å². The number of anilines is 3. The van der Waals surface area contributed by atoms with Crippen LogP contribution in [0.5, 0.6) is 0 Å². The molecule has 51 heavy (non-hydrogen) atoms. The van der Waals surface area contributed by atoms with Gasteiger partial charge in [0.1, 0.15) is 11.2 Å². The van der Waals surface area contributed by atoms with Gasteiger partial charge in [-0.1, -0.05) is 139 Å². The summed E-state index contributed by atoms with van der Waals surface area (Å²) in [4.78, 5) is 2.39. The lowest BCUT2D eigenvalue weighted by atomic mass is 9.67. The van der Waals surface area contributed by atoms with E-state index < -0.39 is 5.41 Å². The third-order valence-corrected chi connectivity index (χ3v) is 10.9. The molecule has 8 aromatic carbocycles. The molecule has 0 aliphatic heterocycles. The molecule has 1 aliphatic carbocycles. The molecule has 242 valence electrons. The van der Waals surface area contributed by atoms with Crippen molar-refractivity contribution in [2.45, 2.75) is 19.3 Å². The first-order valence-electron chi connectivity index (χ1n) is 17.7. The zero-order chi connectivity index (χ0) is 34.1. The van der Waals surface area contributed by atoms with E-state index in [1.807, 2.05) is 12.1 Å². The molecule has 0 radical (unpaired) electrons. The summed E-state index contributed by atoms with van der Waals surface area (Å²) in [5, 5.41) is 4.76. The smallest absolute Gasteiger partial charge is 0.135 e. The molecule has 1 aromatic heterocycles. The lowest BCUT2D eigenvalue weighted by Gasteiger charge is -2.35. The Hall–Kier alpha value is -6.38. The highest BCUT2D eigenvalue weighted by molar-refractivity contribution is 6.07. The quantitative estimate of drug-likeness (QED) is 0.184. The molecule has 0 bridgehead atoms. The fourth-order valence-electron chi connectivity index (χ4n) is 8.49. The van der Waals surface area contributed by atoms with E-state index in [2.05, 4.69) is 183 Å². The van der Waals surface area contributed by atoms with Gasteiger partial charge in [-0.3, -0.25) is 0 Å². The summed E-state index contributed by atoms with van der Waals surface area (Å²) in [6.07, 6.45) is 0. The molecule has 1 heterocycles. The van der Waals surface area contributed by atoms with Crippen LogP contribution in [0, 0.1) is 13.8 Å². The van der Waals surface area contributed by atoms with Gasteiger partial charge in [-0.15, -0.1) is 0 Å². The molecule has 0 unspecified atom stereocenters. The maximum absolute atomic E-state index is 6.25. The highest BCUT2D eigenvalue weighted by Gasteiger charge is 2.47. The first kappa shape index (κ1) is 29.5. The second kappa shape index (κ2) is 11.3. The van der Waals surface area contributed by atoms with Gasteiger partial charge < -0.3 is 9.32 Å². The van der Waals surface area contributed by atoms with Crippen LogP contribution in [0.2, 0.25) is 0 Å². The zero-order valence-corrected chi connectivity index (χ0v) is 28.6. The summed E-state index contributed by atoms with van der Waals surface area (Å²) in [6.45, 7) is 4.34. The van der Waals surface area contributed by atoms with Gasteiger partial charge in [-0.2, -0.15) is 0 Å². The highest BCUT2D eigenvalue weighted by Crippen LogP contribution is 2.59. The molecule has 2 nitrogen and oxygen atoms in total. The maximum atomic E-state index is 6.25. The fourth-order valence-corrected chi connectivity index (χ4v) is 8.49. The number of fused-ring (bicyclic) bond motifs is 8. The van der Waals surface area contributed by atoms with Crippen molar-refractivity contribution in [3.63, 3.8) is 0 Å². The largest absolute Gasteiger partial charge is 0.456 e. The summed E-state index contributed by atoms with van der Waals surface area (Å²) in [5.74, 6) is 0. The van der Waals surface area contributed by atoms with Gasteiger partial charge in [-0.05, 0) is 107 Å². The molecule has 0 N–H and O–H groups in total. The average molecular weight is 654 g/mol. The standard InChI is InChI=1S/C49H35NO/c1-32-16-21-35(22-17-32)49(36-23-18-33(2)19-24-36)44-28-20-34-10-6-7-13-40(34)48(44)42-27-25-39(31-45(42)49)50(37-11-4-3-5-12-37)38-26-29-47-43(30-38)41-14-8-9-15-46(41)51-47/h3-31H,1-2H3. The second-order valence-corrected chi connectivity index (χ2v) is 13.9. The summed E-state index contributed by atoms with van der Waals surface area (Å²) in [5.41, 5.74) is 14.8. The first-order valence-corrected chi connectivity index (χ1v) is 17.7. The Kier molecular flexibility index (Phi) is 6.56. The Morgan fingerprint density at radius 2 is 1.04 bits per heavy atom. The maximum Gasteiger partial charge on any atom is 0.135 e. The lowest BCUT2D eigenvalue weighted by molar-refractivity contribution is 0.669. The average Bonchev–Trinajstić information content (AvgIpc) is 3.69. The fraction of sp³-hybridized carbons (Fsp3) is 0.0612. The minimum absolute atomic E-state index is 0.529. The highest BCUT2D eigenvalue weighted by atomic mass is 16.3. The monoisotopic (exact) mass is 653 g/mol. The van der Waals surface area contributed by atoms with Gasteiger partial charge in [0.05, 0.1) is 5.41 Å². The minimum atomic E-state index is -0.529. The predicted molar refractivity (Wildman–Crippen MR) is 213 cm³/mol. The molecular formula is C49H35NO. The van der Waals surface area contributed by atoms with E-state index in [-0.39, 0.29) is 0 Å². The van der Waals surface area contributed by atoms with Crippen LogP contribution in [-0.4, -0.2) is 0 Å². The topological polar surface area (TPSA) is 16.4 Å². The molecule has 0 fully saturated rings. The number of para-hydroxylation sites is 2. The molecule has 9 aromatic rings. The van der Waals surface area contributed by atoms with Crippen molar-refractivity contribution in [2.75, 3.05) is 4.90 Å². The number of hydrogen-bond donors (Lipinski definition) is 0. The van der Waals surface area contributed by atoms with E-state index in [9.17, 15) is 0 Å². The van der Waals surface area contributed by atoms with E-state index in [4.69, 9.17) is 4.42 Å². The van der Waals surface area contributed by atoms with Gasteiger partial charge in [0, 0.05) is 27.8 Å². The van der Waals surface area contributed by atoms with Crippen LogP contribution in [0.15, 0.2) is 180 Å². The van der Waals surface area contributed by atoms with Crippen molar-refractivity contribution in [1.82, 2.24) is 0 Å². The van der Waals surface area contributed by atoms with Crippen LogP contribution in [0.3, 0.4) is 0 Å². The Morgan fingerprint density at radius 1 is 0.431 bits per heavy atom. The Bertz CT molecular complexity index is 2710. The van der Waals surface area contributed by atoms with Crippen molar-refractivity contribution in [3.05, 3.63) is 209 Å².